The zero-order valence-corrected chi connectivity index (χ0v) is 12.8. The first kappa shape index (κ1) is 13.9. The molecular weight excluding hydrogens is 280 g/mol. The van der Waals surface area contributed by atoms with Crippen molar-refractivity contribution in [2.75, 3.05) is 7.11 Å². The summed E-state index contributed by atoms with van der Waals surface area (Å²) in [5, 5.41) is 0. The van der Waals surface area contributed by atoms with Gasteiger partial charge in [0.25, 0.3) is 0 Å². The van der Waals surface area contributed by atoms with E-state index >= 15 is 0 Å². The van der Waals surface area contributed by atoms with Gasteiger partial charge in [0.15, 0.2) is 4.77 Å². The van der Waals surface area contributed by atoms with Crippen molar-refractivity contribution in [2.45, 2.75) is 19.4 Å². The fourth-order valence-corrected chi connectivity index (χ4v) is 2.87. The highest BCUT2D eigenvalue weighted by Gasteiger charge is 2.05. The Labute approximate surface area is 129 Å². The number of methoxy groups -OCH3 is 1. The number of nitrogens with zero attached hydrogens (tertiary/aromatic N) is 1. The van der Waals surface area contributed by atoms with Gasteiger partial charge in [-0.3, -0.25) is 0 Å². The first-order chi connectivity index (χ1) is 10.3. The maximum atomic E-state index is 5.43. The predicted molar refractivity (Wildman–Crippen MR) is 88.4 cm³/mol. The van der Waals surface area contributed by atoms with E-state index in [9.17, 15) is 0 Å². The minimum Gasteiger partial charge on any atom is -0.497 e. The fourth-order valence-electron chi connectivity index (χ4n) is 2.57. The molecule has 0 saturated carbocycles. The number of benzene rings is 2. The maximum absolute atomic E-state index is 5.43. The van der Waals surface area contributed by atoms with Crippen LogP contribution in [0.15, 0.2) is 48.5 Å². The van der Waals surface area contributed by atoms with Gasteiger partial charge in [-0.15, -0.1) is 0 Å². The van der Waals surface area contributed by atoms with Crippen molar-refractivity contribution in [1.82, 2.24) is 9.55 Å². The Hall–Kier alpha value is -2.07. The number of ether oxygens (including phenoxy) is 1. The lowest BCUT2D eigenvalue weighted by Gasteiger charge is -2.06. The summed E-state index contributed by atoms with van der Waals surface area (Å²) in [6.07, 6.45) is 2.11. The molecule has 0 spiro atoms. The Balaban J connectivity index is 1.80. The second-order valence-electron chi connectivity index (χ2n) is 5.05. The van der Waals surface area contributed by atoms with Gasteiger partial charge in [0.2, 0.25) is 0 Å². The number of hydrogen-bond donors (Lipinski definition) is 1. The molecule has 0 aliphatic rings. The van der Waals surface area contributed by atoms with Crippen molar-refractivity contribution in [1.29, 1.82) is 0 Å². The van der Waals surface area contributed by atoms with Crippen LogP contribution in [0.2, 0.25) is 0 Å². The number of aromatic nitrogens is 2. The highest BCUT2D eigenvalue weighted by atomic mass is 32.1. The molecule has 0 saturated heterocycles. The predicted octanol–water partition coefficient (Wildman–Crippen LogP) is 4.34. The molecular formula is C17H18N2OS. The molecule has 0 unspecified atom stereocenters. The summed E-state index contributed by atoms with van der Waals surface area (Å²) in [6, 6.07) is 16.5. The number of aryl methyl sites for hydroxylation is 2. The Bertz CT molecular complexity index is 789. The number of H-pyrrole nitrogens is 1. The van der Waals surface area contributed by atoms with Gasteiger partial charge in [-0.25, -0.2) is 0 Å². The van der Waals surface area contributed by atoms with Crippen molar-refractivity contribution in [3.63, 3.8) is 0 Å². The van der Waals surface area contributed by atoms with Crippen LogP contribution in [-0.4, -0.2) is 16.7 Å². The van der Waals surface area contributed by atoms with Crippen molar-refractivity contribution in [2.24, 2.45) is 0 Å². The summed E-state index contributed by atoms with van der Waals surface area (Å²) in [5.74, 6) is 0.855. The van der Waals surface area contributed by atoms with E-state index in [-0.39, 0.29) is 0 Å². The molecule has 3 nitrogen and oxygen atoms in total. The maximum Gasteiger partial charge on any atom is 0.178 e. The molecule has 1 heterocycles. The SMILES string of the molecule is COc1ccc2[nH]c(=S)n(CCCc3ccccc3)c2c1. The van der Waals surface area contributed by atoms with Crippen molar-refractivity contribution < 1.29 is 4.74 Å². The molecule has 1 N–H and O–H groups in total. The average molecular weight is 298 g/mol. The van der Waals surface area contributed by atoms with E-state index in [4.69, 9.17) is 17.0 Å². The van der Waals surface area contributed by atoms with Gasteiger partial charge in [0.05, 0.1) is 18.1 Å². The molecule has 21 heavy (non-hydrogen) atoms. The number of rotatable bonds is 5. The molecule has 2 aromatic carbocycles. The third kappa shape index (κ3) is 3.00. The second-order valence-corrected chi connectivity index (χ2v) is 5.44. The lowest BCUT2D eigenvalue weighted by molar-refractivity contribution is 0.415. The first-order valence-electron chi connectivity index (χ1n) is 7.08. The molecule has 0 bridgehead atoms. The Kier molecular flexibility index (Phi) is 4.06. The third-order valence-electron chi connectivity index (χ3n) is 3.67. The van der Waals surface area contributed by atoms with E-state index in [1.54, 1.807) is 7.11 Å². The summed E-state index contributed by atoms with van der Waals surface area (Å²) in [6.45, 7) is 0.904. The summed E-state index contributed by atoms with van der Waals surface area (Å²) < 4.78 is 8.22. The lowest BCUT2D eigenvalue weighted by atomic mass is 10.1. The Morgan fingerprint density at radius 1 is 1.14 bits per heavy atom. The molecule has 0 aliphatic heterocycles. The van der Waals surface area contributed by atoms with E-state index in [2.05, 4.69) is 33.8 Å². The van der Waals surface area contributed by atoms with Crippen molar-refractivity contribution in [3.8, 4) is 5.75 Å². The number of nitrogens with one attached hydrogen (secondary N) is 1. The summed E-state index contributed by atoms with van der Waals surface area (Å²) in [4.78, 5) is 3.25. The molecule has 0 aliphatic carbocycles. The lowest BCUT2D eigenvalue weighted by Crippen LogP contribution is -2.00. The van der Waals surface area contributed by atoms with Crippen LogP contribution >= 0.6 is 12.2 Å². The highest BCUT2D eigenvalue weighted by molar-refractivity contribution is 7.71. The van der Waals surface area contributed by atoms with Crippen LogP contribution < -0.4 is 4.74 Å². The quantitative estimate of drug-likeness (QED) is 0.710. The van der Waals surface area contributed by atoms with Crippen LogP contribution in [0.4, 0.5) is 0 Å². The van der Waals surface area contributed by atoms with E-state index in [1.807, 2.05) is 24.3 Å². The zero-order valence-electron chi connectivity index (χ0n) is 12.0. The van der Waals surface area contributed by atoms with Gasteiger partial charge in [0.1, 0.15) is 5.75 Å². The number of hydrogen-bond acceptors (Lipinski definition) is 2. The fraction of sp³-hybridized carbons (Fsp3) is 0.235. The minimum atomic E-state index is 0.770. The topological polar surface area (TPSA) is 29.9 Å². The van der Waals surface area contributed by atoms with Gasteiger partial charge in [-0.05, 0) is 42.8 Å². The largest absolute Gasteiger partial charge is 0.497 e. The van der Waals surface area contributed by atoms with Gasteiger partial charge < -0.3 is 14.3 Å². The monoisotopic (exact) mass is 298 g/mol. The van der Waals surface area contributed by atoms with Gasteiger partial charge in [-0.1, -0.05) is 30.3 Å². The molecule has 0 radical (unpaired) electrons. The number of aromatic amines is 1. The number of imidazole rings is 1. The van der Waals surface area contributed by atoms with E-state index < -0.39 is 0 Å². The Morgan fingerprint density at radius 2 is 1.95 bits per heavy atom. The van der Waals surface area contributed by atoms with Crippen LogP contribution in [0.5, 0.6) is 5.75 Å². The third-order valence-corrected chi connectivity index (χ3v) is 3.99. The van der Waals surface area contributed by atoms with E-state index in [0.29, 0.717) is 0 Å². The molecule has 3 aromatic rings. The standard InChI is InChI=1S/C17H18N2OS/c1-20-14-9-10-15-16(12-14)19(17(21)18-15)11-5-8-13-6-3-2-4-7-13/h2-4,6-7,9-10,12H,5,8,11H2,1H3,(H,18,21). The van der Waals surface area contributed by atoms with E-state index in [0.717, 1.165) is 40.9 Å². The van der Waals surface area contributed by atoms with Crippen LogP contribution in [0.25, 0.3) is 11.0 Å². The molecule has 0 fully saturated rings. The van der Waals surface area contributed by atoms with Crippen LogP contribution in [0.3, 0.4) is 0 Å². The van der Waals surface area contributed by atoms with Crippen LogP contribution in [0.1, 0.15) is 12.0 Å². The smallest absolute Gasteiger partial charge is 0.178 e. The minimum absolute atomic E-state index is 0.770. The molecule has 4 heteroatoms. The summed E-state index contributed by atoms with van der Waals surface area (Å²) in [5.41, 5.74) is 3.52. The molecule has 0 atom stereocenters. The normalized spacial score (nSPS) is 10.9. The van der Waals surface area contributed by atoms with Crippen molar-refractivity contribution in [3.05, 3.63) is 58.9 Å². The summed E-state index contributed by atoms with van der Waals surface area (Å²) >= 11 is 5.43. The van der Waals surface area contributed by atoms with Crippen LogP contribution in [0, 0.1) is 4.77 Å². The molecule has 0 amide bonds. The second kappa shape index (κ2) is 6.14. The van der Waals surface area contributed by atoms with Gasteiger partial charge in [0, 0.05) is 12.6 Å². The van der Waals surface area contributed by atoms with E-state index in [1.165, 1.54) is 5.56 Å². The average Bonchev–Trinajstić information content (AvgIpc) is 2.83. The molecule has 3 rings (SSSR count). The van der Waals surface area contributed by atoms with Gasteiger partial charge in [-0.2, -0.15) is 0 Å². The summed E-state index contributed by atoms with van der Waals surface area (Å²) in [7, 11) is 1.68. The number of fused-ring (bicyclic) bond motifs is 1. The first-order valence-corrected chi connectivity index (χ1v) is 7.49. The Morgan fingerprint density at radius 3 is 2.71 bits per heavy atom. The van der Waals surface area contributed by atoms with Gasteiger partial charge >= 0.3 is 0 Å². The molecule has 108 valence electrons. The zero-order chi connectivity index (χ0) is 14.7. The van der Waals surface area contributed by atoms with Crippen LogP contribution in [-0.2, 0) is 13.0 Å². The molecule has 1 aromatic heterocycles. The van der Waals surface area contributed by atoms with Crippen molar-refractivity contribution >= 4 is 23.3 Å². The highest BCUT2D eigenvalue weighted by Crippen LogP contribution is 2.21.